The Morgan fingerprint density at radius 1 is 1.60 bits per heavy atom. The third-order valence-electron chi connectivity index (χ3n) is 3.67. The molecule has 3 rings (SSSR count). The molecular weight excluding hydrogens is 276 g/mol. The van der Waals surface area contributed by atoms with Gasteiger partial charge in [0.25, 0.3) is 0 Å². The first-order valence-corrected chi connectivity index (χ1v) is 7.79. The molecule has 3 heterocycles. The van der Waals surface area contributed by atoms with E-state index in [1.807, 2.05) is 0 Å². The molecule has 0 bridgehead atoms. The maximum absolute atomic E-state index is 10.6. The summed E-state index contributed by atoms with van der Waals surface area (Å²) in [4.78, 5) is 16.3. The lowest BCUT2D eigenvalue weighted by atomic mass is 10.1. The molecule has 2 aromatic heterocycles. The molecule has 0 spiro atoms. The van der Waals surface area contributed by atoms with Gasteiger partial charge in [-0.3, -0.25) is 9.20 Å². The number of hydrogen-bond acceptors (Lipinski definition) is 4. The molecule has 0 aromatic carbocycles. The van der Waals surface area contributed by atoms with Crippen molar-refractivity contribution in [3.8, 4) is 0 Å². The van der Waals surface area contributed by atoms with Crippen molar-refractivity contribution in [3.63, 3.8) is 0 Å². The summed E-state index contributed by atoms with van der Waals surface area (Å²) in [5.74, 6) is -0.741. The number of aryl methyl sites for hydroxylation is 1. The van der Waals surface area contributed by atoms with Crippen molar-refractivity contribution >= 4 is 22.3 Å². The van der Waals surface area contributed by atoms with Gasteiger partial charge in [-0.1, -0.05) is 0 Å². The monoisotopic (exact) mass is 294 g/mol. The minimum absolute atomic E-state index is 0.0385. The molecule has 0 fully saturated rings. The number of rotatable bonds is 4. The van der Waals surface area contributed by atoms with E-state index < -0.39 is 5.97 Å². The Balaban J connectivity index is 1.93. The molecule has 2 unspecified atom stereocenters. The number of thiazole rings is 1. The molecule has 108 valence electrons. The highest BCUT2D eigenvalue weighted by Gasteiger charge is 2.28. The minimum atomic E-state index is -0.741. The highest BCUT2D eigenvalue weighted by molar-refractivity contribution is 7.15. The van der Waals surface area contributed by atoms with Gasteiger partial charge in [0.15, 0.2) is 4.96 Å². The Morgan fingerprint density at radius 2 is 2.40 bits per heavy atom. The van der Waals surface area contributed by atoms with Crippen LogP contribution in [0.15, 0.2) is 5.38 Å². The summed E-state index contributed by atoms with van der Waals surface area (Å²) >= 11 is 1.62. The molecular formula is C14H18N2O3S. The van der Waals surface area contributed by atoms with Crippen LogP contribution in [-0.2, 0) is 22.4 Å². The van der Waals surface area contributed by atoms with E-state index in [1.165, 1.54) is 0 Å². The Hall–Kier alpha value is -1.40. The van der Waals surface area contributed by atoms with Crippen LogP contribution in [0.1, 0.15) is 49.9 Å². The number of aromatic nitrogens is 2. The lowest BCUT2D eigenvalue weighted by Gasteiger charge is -2.25. The van der Waals surface area contributed by atoms with Gasteiger partial charge in [0.2, 0.25) is 0 Å². The molecule has 1 N–H and O–H groups in total. The lowest BCUT2D eigenvalue weighted by molar-refractivity contribution is -0.137. The van der Waals surface area contributed by atoms with Gasteiger partial charge in [0.1, 0.15) is 0 Å². The van der Waals surface area contributed by atoms with Gasteiger partial charge in [-0.25, -0.2) is 4.98 Å². The Labute approximate surface area is 121 Å². The number of hydrogen-bond donors (Lipinski definition) is 1. The number of carbonyl (C=O) groups is 1. The van der Waals surface area contributed by atoms with Gasteiger partial charge in [0.05, 0.1) is 23.6 Å². The predicted molar refractivity (Wildman–Crippen MR) is 76.3 cm³/mol. The minimum Gasteiger partial charge on any atom is -0.481 e. The molecule has 6 heteroatoms. The summed E-state index contributed by atoms with van der Waals surface area (Å²) in [5, 5.41) is 10.8. The van der Waals surface area contributed by atoms with E-state index in [1.54, 1.807) is 11.3 Å². The Morgan fingerprint density at radius 3 is 3.15 bits per heavy atom. The largest absolute Gasteiger partial charge is 0.481 e. The third-order valence-corrected chi connectivity index (χ3v) is 4.55. The quantitative estimate of drug-likeness (QED) is 0.941. The molecule has 0 saturated heterocycles. The number of carboxylic acids is 1. The average Bonchev–Trinajstić information content (AvgIpc) is 2.87. The molecule has 0 aliphatic carbocycles. The van der Waals surface area contributed by atoms with Gasteiger partial charge in [-0.15, -0.1) is 11.3 Å². The summed E-state index contributed by atoms with van der Waals surface area (Å²) in [6.07, 6.45) is 2.71. The molecule has 1 aliphatic rings. The first-order valence-electron chi connectivity index (χ1n) is 6.91. The van der Waals surface area contributed by atoms with Crippen molar-refractivity contribution in [3.05, 3.63) is 22.5 Å². The number of fused-ring (bicyclic) bond motifs is 3. The van der Waals surface area contributed by atoms with E-state index in [2.05, 4.69) is 23.6 Å². The first kappa shape index (κ1) is 13.6. The summed E-state index contributed by atoms with van der Waals surface area (Å²) < 4.78 is 8.06. The molecule has 5 nitrogen and oxygen atoms in total. The van der Waals surface area contributed by atoms with E-state index in [0.29, 0.717) is 6.42 Å². The molecule has 0 radical (unpaired) electrons. The van der Waals surface area contributed by atoms with E-state index >= 15 is 0 Å². The summed E-state index contributed by atoms with van der Waals surface area (Å²) in [6.45, 7) is 4.13. The maximum atomic E-state index is 10.6. The van der Waals surface area contributed by atoms with Gasteiger partial charge < -0.3 is 9.84 Å². The zero-order valence-electron chi connectivity index (χ0n) is 11.6. The van der Waals surface area contributed by atoms with Crippen LogP contribution in [0, 0.1) is 0 Å². The lowest BCUT2D eigenvalue weighted by Crippen LogP contribution is -2.23. The molecule has 2 aromatic rings. The molecule has 0 amide bonds. The third kappa shape index (κ3) is 2.33. The van der Waals surface area contributed by atoms with Crippen LogP contribution < -0.4 is 0 Å². The summed E-state index contributed by atoms with van der Waals surface area (Å²) in [5.41, 5.74) is 3.41. The van der Waals surface area contributed by atoms with Crippen molar-refractivity contribution in [2.24, 2.45) is 0 Å². The van der Waals surface area contributed by atoms with Crippen molar-refractivity contribution in [1.29, 1.82) is 0 Å². The molecule has 20 heavy (non-hydrogen) atoms. The van der Waals surface area contributed by atoms with Gasteiger partial charge in [-0.2, -0.15) is 0 Å². The number of aliphatic carboxylic acids is 1. The van der Waals surface area contributed by atoms with E-state index in [4.69, 9.17) is 14.8 Å². The fourth-order valence-corrected chi connectivity index (χ4v) is 3.82. The number of imidazole rings is 1. The average molecular weight is 294 g/mol. The number of carboxylic acid groups (broad SMARTS) is 1. The fraction of sp³-hybridized carbons (Fsp3) is 0.571. The number of ether oxygens (including phenoxy) is 1. The van der Waals surface area contributed by atoms with E-state index in [0.717, 1.165) is 34.9 Å². The normalized spacial score (nSPS) is 22.1. The smallest absolute Gasteiger partial charge is 0.303 e. The molecule has 1 aliphatic heterocycles. The van der Waals surface area contributed by atoms with Crippen molar-refractivity contribution in [2.45, 2.75) is 51.7 Å². The highest BCUT2D eigenvalue weighted by atomic mass is 32.1. The van der Waals surface area contributed by atoms with Gasteiger partial charge in [-0.05, 0) is 26.7 Å². The summed E-state index contributed by atoms with van der Waals surface area (Å²) in [7, 11) is 0. The fourth-order valence-electron chi connectivity index (χ4n) is 2.88. The molecule has 0 saturated carbocycles. The van der Waals surface area contributed by atoms with Crippen LogP contribution in [0.5, 0.6) is 0 Å². The van der Waals surface area contributed by atoms with Crippen molar-refractivity contribution < 1.29 is 14.6 Å². The predicted octanol–water partition coefficient (Wildman–Crippen LogP) is 2.83. The van der Waals surface area contributed by atoms with Crippen LogP contribution in [0.25, 0.3) is 4.96 Å². The molecule has 2 atom stereocenters. The van der Waals surface area contributed by atoms with Crippen LogP contribution in [0.2, 0.25) is 0 Å². The van der Waals surface area contributed by atoms with Crippen LogP contribution in [-0.4, -0.2) is 26.6 Å². The van der Waals surface area contributed by atoms with Crippen molar-refractivity contribution in [2.75, 3.05) is 0 Å². The Bertz CT molecular complexity index is 646. The maximum Gasteiger partial charge on any atom is 0.303 e. The second-order valence-electron chi connectivity index (χ2n) is 5.33. The zero-order chi connectivity index (χ0) is 14.3. The second-order valence-corrected chi connectivity index (χ2v) is 6.17. The van der Waals surface area contributed by atoms with E-state index in [-0.39, 0.29) is 18.6 Å². The summed E-state index contributed by atoms with van der Waals surface area (Å²) in [6, 6.07) is 0. The van der Waals surface area contributed by atoms with Gasteiger partial charge in [0, 0.05) is 23.9 Å². The van der Waals surface area contributed by atoms with Crippen molar-refractivity contribution in [1.82, 2.24) is 9.38 Å². The zero-order valence-corrected chi connectivity index (χ0v) is 12.4. The van der Waals surface area contributed by atoms with E-state index in [9.17, 15) is 4.79 Å². The van der Waals surface area contributed by atoms with Crippen LogP contribution in [0.4, 0.5) is 0 Å². The first-order chi connectivity index (χ1) is 9.56. The number of nitrogens with zero attached hydrogens (tertiary/aromatic N) is 2. The van der Waals surface area contributed by atoms with Crippen LogP contribution in [0.3, 0.4) is 0 Å². The topological polar surface area (TPSA) is 63.8 Å². The van der Waals surface area contributed by atoms with Crippen LogP contribution >= 0.6 is 11.3 Å². The SMILES string of the molecule is CC1Cc2nc3scc(CCCC(=O)O)n3c2C(C)O1. The second kappa shape index (κ2) is 5.18. The Kier molecular flexibility index (Phi) is 3.52. The highest BCUT2D eigenvalue weighted by Crippen LogP contribution is 2.33. The standard InChI is InChI=1S/C14H18N2O3S/c1-8-6-11-13(9(2)19-8)16-10(4-3-5-12(17)18)7-20-14(16)15-11/h7-9H,3-6H2,1-2H3,(H,17,18). The van der Waals surface area contributed by atoms with Gasteiger partial charge >= 0.3 is 5.97 Å².